The fourth-order valence-corrected chi connectivity index (χ4v) is 3.05. The third-order valence-electron chi connectivity index (χ3n) is 4.28. The normalized spacial score (nSPS) is 11.8. The van der Waals surface area contributed by atoms with Crippen molar-refractivity contribution in [1.29, 1.82) is 0 Å². The van der Waals surface area contributed by atoms with Gasteiger partial charge in [-0.1, -0.05) is 23.7 Å². The molecular formula is C20H25ClN2O4. The predicted octanol–water partition coefficient (Wildman–Crippen LogP) is 3.40. The maximum Gasteiger partial charge on any atom is 0.251 e. The molecule has 0 aromatic heterocycles. The van der Waals surface area contributed by atoms with Gasteiger partial charge in [-0.05, 0) is 43.9 Å². The molecule has 6 nitrogen and oxygen atoms in total. The van der Waals surface area contributed by atoms with Gasteiger partial charge < -0.3 is 24.4 Å². The highest BCUT2D eigenvalue weighted by atomic mass is 35.5. The van der Waals surface area contributed by atoms with E-state index in [-0.39, 0.29) is 11.9 Å². The Kier molecular flexibility index (Phi) is 7.33. The van der Waals surface area contributed by atoms with Gasteiger partial charge in [0.05, 0.1) is 32.4 Å². The van der Waals surface area contributed by atoms with Gasteiger partial charge in [0.25, 0.3) is 5.91 Å². The molecule has 0 aliphatic heterocycles. The number of carbonyl (C=O) groups is 1. The smallest absolute Gasteiger partial charge is 0.251 e. The molecule has 1 N–H and O–H groups in total. The number of hydrogen-bond acceptors (Lipinski definition) is 5. The van der Waals surface area contributed by atoms with E-state index in [1.807, 2.05) is 43.3 Å². The fourth-order valence-electron chi connectivity index (χ4n) is 2.77. The zero-order valence-corrected chi connectivity index (χ0v) is 17.0. The highest BCUT2D eigenvalue weighted by Gasteiger charge is 2.18. The van der Waals surface area contributed by atoms with Crippen LogP contribution in [0, 0.1) is 0 Å². The molecule has 146 valence electrons. The Labute approximate surface area is 165 Å². The summed E-state index contributed by atoms with van der Waals surface area (Å²) in [6.45, 7) is 0.435. The van der Waals surface area contributed by atoms with Crippen molar-refractivity contribution >= 4 is 17.5 Å². The number of nitrogens with one attached hydrogen (secondary N) is 1. The highest BCUT2D eigenvalue weighted by Crippen LogP contribution is 2.36. The van der Waals surface area contributed by atoms with Crippen LogP contribution >= 0.6 is 11.6 Å². The van der Waals surface area contributed by atoms with Gasteiger partial charge in [0.15, 0.2) is 11.5 Å². The zero-order valence-electron chi connectivity index (χ0n) is 16.2. The number of halogens is 1. The summed E-state index contributed by atoms with van der Waals surface area (Å²) in [6.07, 6.45) is 0. The van der Waals surface area contributed by atoms with Crippen molar-refractivity contribution in [2.45, 2.75) is 6.04 Å². The Bertz CT molecular complexity index is 778. The van der Waals surface area contributed by atoms with Crippen molar-refractivity contribution in [2.75, 3.05) is 42.0 Å². The van der Waals surface area contributed by atoms with Gasteiger partial charge in [0.1, 0.15) is 5.75 Å². The van der Waals surface area contributed by atoms with Gasteiger partial charge in [-0.15, -0.1) is 0 Å². The van der Waals surface area contributed by atoms with Gasteiger partial charge >= 0.3 is 0 Å². The predicted molar refractivity (Wildman–Crippen MR) is 106 cm³/mol. The van der Waals surface area contributed by atoms with E-state index in [2.05, 4.69) is 5.32 Å². The average molecular weight is 393 g/mol. The Balaban J connectivity index is 2.15. The van der Waals surface area contributed by atoms with Crippen LogP contribution in [0.5, 0.6) is 17.2 Å². The molecule has 0 aliphatic carbocycles. The van der Waals surface area contributed by atoms with Crippen LogP contribution in [-0.4, -0.2) is 52.8 Å². The summed E-state index contributed by atoms with van der Waals surface area (Å²) in [6, 6.07) is 11.0. The maximum absolute atomic E-state index is 12.6. The van der Waals surface area contributed by atoms with Crippen molar-refractivity contribution in [3.63, 3.8) is 0 Å². The number of ether oxygens (including phenoxy) is 3. The van der Waals surface area contributed by atoms with Gasteiger partial charge in [-0.3, -0.25) is 4.79 Å². The lowest BCUT2D eigenvalue weighted by molar-refractivity contribution is 0.0941. The number of likely N-dealkylation sites (N-methyl/N-ethyl adjacent to an activating group) is 1. The SMILES string of the molecule is COc1ccc(C(CNC(=O)c2cc(Cl)c(OC)c(OC)c2)N(C)C)cc1. The first-order valence-electron chi connectivity index (χ1n) is 8.41. The summed E-state index contributed by atoms with van der Waals surface area (Å²) in [7, 11) is 8.57. The number of hydrogen-bond donors (Lipinski definition) is 1. The lowest BCUT2D eigenvalue weighted by Gasteiger charge is -2.25. The molecule has 0 saturated heterocycles. The highest BCUT2D eigenvalue weighted by molar-refractivity contribution is 6.32. The minimum Gasteiger partial charge on any atom is -0.497 e. The molecular weight excluding hydrogens is 368 g/mol. The second-order valence-electron chi connectivity index (χ2n) is 6.16. The third kappa shape index (κ3) is 5.05. The summed E-state index contributed by atoms with van der Waals surface area (Å²) in [5, 5.41) is 3.28. The van der Waals surface area contributed by atoms with Gasteiger partial charge in [0.2, 0.25) is 0 Å². The molecule has 27 heavy (non-hydrogen) atoms. The minimum absolute atomic E-state index is 0.00970. The summed E-state index contributed by atoms with van der Waals surface area (Å²) in [5.74, 6) is 1.37. The van der Waals surface area contributed by atoms with Crippen LogP contribution in [0.3, 0.4) is 0 Å². The van der Waals surface area contributed by atoms with E-state index >= 15 is 0 Å². The summed E-state index contributed by atoms with van der Waals surface area (Å²) in [5.41, 5.74) is 1.48. The second-order valence-corrected chi connectivity index (χ2v) is 6.56. The average Bonchev–Trinajstić information content (AvgIpc) is 2.67. The molecule has 1 unspecified atom stereocenters. The Morgan fingerprint density at radius 3 is 2.26 bits per heavy atom. The van der Waals surface area contributed by atoms with Crippen molar-refractivity contribution in [1.82, 2.24) is 10.2 Å². The summed E-state index contributed by atoms with van der Waals surface area (Å²) >= 11 is 6.19. The molecule has 2 aromatic carbocycles. The third-order valence-corrected chi connectivity index (χ3v) is 4.56. The van der Waals surface area contributed by atoms with E-state index in [4.69, 9.17) is 25.8 Å². The second kappa shape index (κ2) is 9.48. The molecule has 1 amide bonds. The molecule has 0 spiro atoms. The monoisotopic (exact) mass is 392 g/mol. The van der Waals surface area contributed by atoms with Crippen LogP contribution in [0.2, 0.25) is 5.02 Å². The first kappa shape index (κ1) is 20.9. The van der Waals surface area contributed by atoms with E-state index in [0.717, 1.165) is 11.3 Å². The standard InChI is InChI=1S/C20H25ClN2O4/c1-23(2)17(13-6-8-15(25-3)9-7-13)12-22-20(24)14-10-16(21)19(27-5)18(11-14)26-4/h6-11,17H,12H2,1-5H3,(H,22,24). The number of methoxy groups -OCH3 is 3. The van der Waals surface area contributed by atoms with E-state index in [1.165, 1.54) is 14.2 Å². The molecule has 0 saturated carbocycles. The number of amides is 1. The van der Waals surface area contributed by atoms with Crippen LogP contribution in [0.15, 0.2) is 36.4 Å². The molecule has 7 heteroatoms. The number of rotatable bonds is 8. The number of carbonyl (C=O) groups excluding carboxylic acids is 1. The van der Waals surface area contributed by atoms with Crippen molar-refractivity contribution in [3.05, 3.63) is 52.5 Å². The minimum atomic E-state index is -0.238. The fraction of sp³-hybridized carbons (Fsp3) is 0.350. The lowest BCUT2D eigenvalue weighted by atomic mass is 10.1. The molecule has 1 atom stereocenters. The first-order chi connectivity index (χ1) is 12.9. The molecule has 0 bridgehead atoms. The van der Waals surface area contributed by atoms with E-state index in [1.54, 1.807) is 19.2 Å². The van der Waals surface area contributed by atoms with Crippen molar-refractivity contribution in [2.24, 2.45) is 0 Å². The number of benzene rings is 2. The molecule has 0 aliphatic rings. The largest absolute Gasteiger partial charge is 0.497 e. The van der Waals surface area contributed by atoms with Crippen LogP contribution in [0.1, 0.15) is 22.0 Å². The van der Waals surface area contributed by atoms with Crippen LogP contribution < -0.4 is 19.5 Å². The van der Waals surface area contributed by atoms with Crippen LogP contribution in [0.4, 0.5) is 0 Å². The van der Waals surface area contributed by atoms with E-state index in [0.29, 0.717) is 28.6 Å². The quantitative estimate of drug-likeness (QED) is 0.746. The Hall–Kier alpha value is -2.44. The first-order valence-corrected chi connectivity index (χ1v) is 8.79. The maximum atomic E-state index is 12.6. The van der Waals surface area contributed by atoms with Crippen LogP contribution in [0.25, 0.3) is 0 Å². The van der Waals surface area contributed by atoms with E-state index < -0.39 is 0 Å². The van der Waals surface area contributed by atoms with Crippen molar-refractivity contribution in [3.8, 4) is 17.2 Å². The topological polar surface area (TPSA) is 60.0 Å². The summed E-state index contributed by atoms with van der Waals surface area (Å²) in [4.78, 5) is 14.7. The van der Waals surface area contributed by atoms with Gasteiger partial charge in [-0.25, -0.2) is 0 Å². The molecule has 0 heterocycles. The number of nitrogens with zero attached hydrogens (tertiary/aromatic N) is 1. The van der Waals surface area contributed by atoms with Crippen molar-refractivity contribution < 1.29 is 19.0 Å². The molecule has 2 rings (SSSR count). The van der Waals surface area contributed by atoms with Crippen LogP contribution in [-0.2, 0) is 0 Å². The lowest BCUT2D eigenvalue weighted by Crippen LogP contribution is -2.34. The Morgan fingerprint density at radius 1 is 1.07 bits per heavy atom. The van der Waals surface area contributed by atoms with Gasteiger partial charge in [0, 0.05) is 12.1 Å². The zero-order chi connectivity index (χ0) is 20.0. The molecule has 2 aromatic rings. The van der Waals surface area contributed by atoms with E-state index in [9.17, 15) is 4.79 Å². The van der Waals surface area contributed by atoms with Gasteiger partial charge in [-0.2, -0.15) is 0 Å². The molecule has 0 fully saturated rings. The summed E-state index contributed by atoms with van der Waals surface area (Å²) < 4.78 is 15.7. The molecule has 0 radical (unpaired) electrons. The Morgan fingerprint density at radius 2 is 1.74 bits per heavy atom.